The van der Waals surface area contributed by atoms with Crippen LogP contribution in [0.2, 0.25) is 0 Å². The van der Waals surface area contributed by atoms with Gasteiger partial charge < -0.3 is 10.1 Å². The van der Waals surface area contributed by atoms with Crippen molar-refractivity contribution in [3.05, 3.63) is 44.9 Å². The summed E-state index contributed by atoms with van der Waals surface area (Å²) < 4.78 is 6.79. The second-order valence-corrected chi connectivity index (χ2v) is 8.94. The molecule has 7 nitrogen and oxygen atoms in total. The van der Waals surface area contributed by atoms with E-state index >= 15 is 0 Å². The molecular weight excluding hydrogens is 390 g/mol. The molecule has 0 unspecified atom stereocenters. The van der Waals surface area contributed by atoms with Gasteiger partial charge >= 0.3 is 5.97 Å². The van der Waals surface area contributed by atoms with Gasteiger partial charge in [0.1, 0.15) is 0 Å². The van der Waals surface area contributed by atoms with Crippen molar-refractivity contribution in [2.75, 3.05) is 6.61 Å². The number of aryl methyl sites for hydroxylation is 2. The minimum atomic E-state index is -0.588. The predicted molar refractivity (Wildman–Crippen MR) is 113 cm³/mol. The van der Waals surface area contributed by atoms with Crippen molar-refractivity contribution in [1.29, 1.82) is 0 Å². The van der Waals surface area contributed by atoms with Gasteiger partial charge in [-0.25, -0.2) is 4.79 Å². The highest BCUT2D eigenvalue weighted by Gasteiger charge is 2.21. The number of nitrogens with one attached hydrogen (secondary N) is 1. The number of Topliss-reactive ketones (excluding diaryl/α,β-unsaturated/α-hetero) is 1. The summed E-state index contributed by atoms with van der Waals surface area (Å²) >= 11 is 1.28. The first kappa shape index (κ1) is 22.5. The Morgan fingerprint density at radius 3 is 2.52 bits per heavy atom. The Bertz CT molecular complexity index is 948. The van der Waals surface area contributed by atoms with Crippen molar-refractivity contribution in [3.63, 3.8) is 0 Å². The third-order valence-electron chi connectivity index (χ3n) is 4.34. The molecule has 1 amide bonds. The van der Waals surface area contributed by atoms with Crippen LogP contribution in [0.4, 0.5) is 0 Å². The molecule has 2 heterocycles. The number of carbonyl (C=O) groups excluding carboxylic acids is 3. The Morgan fingerprint density at radius 2 is 1.93 bits per heavy atom. The van der Waals surface area contributed by atoms with Crippen LogP contribution in [0.3, 0.4) is 0 Å². The van der Waals surface area contributed by atoms with Crippen molar-refractivity contribution in [1.82, 2.24) is 15.1 Å². The van der Waals surface area contributed by atoms with Gasteiger partial charge in [0.15, 0.2) is 6.61 Å². The lowest BCUT2D eigenvalue weighted by Crippen LogP contribution is -2.34. The molecule has 0 spiro atoms. The first-order chi connectivity index (χ1) is 13.5. The minimum absolute atomic E-state index is 0.0569. The number of rotatable bonds is 7. The first-order valence-electron chi connectivity index (χ1n) is 9.24. The lowest BCUT2D eigenvalue weighted by molar-refractivity contribution is -0.136. The molecule has 0 aliphatic rings. The van der Waals surface area contributed by atoms with E-state index in [0.29, 0.717) is 11.4 Å². The first-order valence-corrected chi connectivity index (χ1v) is 10.1. The predicted octanol–water partition coefficient (Wildman–Crippen LogP) is 3.20. The maximum Gasteiger partial charge on any atom is 0.331 e. The molecule has 0 fully saturated rings. The number of amides is 1. The topological polar surface area (TPSA) is 90.3 Å². The highest BCUT2D eigenvalue weighted by atomic mass is 32.1. The number of carbonyl (C=O) groups is 3. The molecule has 0 aliphatic heterocycles. The van der Waals surface area contributed by atoms with Crippen molar-refractivity contribution in [3.8, 4) is 0 Å². The number of hydrogen-bond acceptors (Lipinski definition) is 6. The van der Waals surface area contributed by atoms with E-state index in [2.05, 4.69) is 10.4 Å². The fraction of sp³-hybridized carbons (Fsp3) is 0.429. The number of thiophene rings is 1. The number of hydrogen-bond donors (Lipinski definition) is 1. The summed E-state index contributed by atoms with van der Waals surface area (Å²) in [6, 6.07) is 3.47. The van der Waals surface area contributed by atoms with Gasteiger partial charge in [-0.15, -0.1) is 11.3 Å². The number of nitrogens with zero attached hydrogens (tertiary/aromatic N) is 2. The zero-order chi connectivity index (χ0) is 21.8. The standard InChI is InChI=1S/C21H27N3O4S/c1-13-16(14(2)24(6)23-13)8-10-19(26)28-12-17(25)18-9-7-15(29-18)11-22-20(27)21(3,4)5/h7-10H,11-12H2,1-6H3,(H,22,27)/b10-8+. The van der Waals surface area contributed by atoms with E-state index in [0.717, 1.165) is 21.8 Å². The molecule has 2 rings (SSSR count). The van der Waals surface area contributed by atoms with E-state index in [1.807, 2.05) is 41.7 Å². The lowest BCUT2D eigenvalue weighted by Gasteiger charge is -2.17. The average molecular weight is 418 g/mol. The van der Waals surface area contributed by atoms with Crippen LogP contribution in [-0.2, 0) is 27.9 Å². The van der Waals surface area contributed by atoms with Crippen LogP contribution < -0.4 is 5.32 Å². The Kier molecular flexibility index (Phi) is 7.13. The van der Waals surface area contributed by atoms with Crippen LogP contribution >= 0.6 is 11.3 Å². The molecule has 0 bridgehead atoms. The van der Waals surface area contributed by atoms with Crippen molar-refractivity contribution < 1.29 is 19.1 Å². The van der Waals surface area contributed by atoms with Crippen LogP contribution in [0.15, 0.2) is 18.2 Å². The number of ether oxygens (including phenoxy) is 1. The summed E-state index contributed by atoms with van der Waals surface area (Å²) in [4.78, 5) is 37.4. The van der Waals surface area contributed by atoms with Crippen LogP contribution in [-0.4, -0.2) is 34.0 Å². The summed E-state index contributed by atoms with van der Waals surface area (Å²) in [5.74, 6) is -0.923. The van der Waals surface area contributed by atoms with Crippen LogP contribution in [0.25, 0.3) is 6.08 Å². The van der Waals surface area contributed by atoms with E-state index < -0.39 is 11.4 Å². The molecular formula is C21H27N3O4S. The number of esters is 1. The van der Waals surface area contributed by atoms with E-state index in [1.54, 1.807) is 22.9 Å². The molecule has 0 radical (unpaired) electrons. The zero-order valence-corrected chi connectivity index (χ0v) is 18.5. The lowest BCUT2D eigenvalue weighted by atomic mass is 9.96. The normalized spacial score (nSPS) is 11.7. The molecule has 0 saturated carbocycles. The fourth-order valence-electron chi connectivity index (χ4n) is 2.49. The highest BCUT2D eigenvalue weighted by Crippen LogP contribution is 2.19. The molecule has 2 aromatic heterocycles. The summed E-state index contributed by atoms with van der Waals surface area (Å²) in [5, 5.41) is 7.12. The van der Waals surface area contributed by atoms with Crippen molar-refractivity contribution in [2.24, 2.45) is 12.5 Å². The molecule has 0 atom stereocenters. The third kappa shape index (κ3) is 6.12. The maximum atomic E-state index is 12.3. The van der Waals surface area contributed by atoms with Gasteiger partial charge in [0.2, 0.25) is 11.7 Å². The smallest absolute Gasteiger partial charge is 0.331 e. The molecule has 1 N–H and O–H groups in total. The van der Waals surface area contributed by atoms with Gasteiger partial charge in [-0.3, -0.25) is 14.3 Å². The fourth-order valence-corrected chi connectivity index (χ4v) is 3.37. The minimum Gasteiger partial charge on any atom is -0.454 e. The molecule has 0 aromatic carbocycles. The Hall–Kier alpha value is -2.74. The largest absolute Gasteiger partial charge is 0.454 e. The Labute approximate surface area is 174 Å². The summed E-state index contributed by atoms with van der Waals surface area (Å²) in [6.45, 7) is 9.32. The van der Waals surface area contributed by atoms with Crippen molar-refractivity contribution in [2.45, 2.75) is 41.2 Å². The van der Waals surface area contributed by atoms with E-state index in [1.165, 1.54) is 17.4 Å². The third-order valence-corrected chi connectivity index (χ3v) is 5.46. The second-order valence-electron chi connectivity index (χ2n) is 7.77. The second kappa shape index (κ2) is 9.17. The quantitative estimate of drug-likeness (QED) is 0.424. The molecule has 29 heavy (non-hydrogen) atoms. The number of aromatic nitrogens is 2. The molecule has 0 saturated heterocycles. The molecule has 0 aliphatic carbocycles. The SMILES string of the molecule is Cc1nn(C)c(C)c1/C=C/C(=O)OCC(=O)c1ccc(CNC(=O)C(C)(C)C)s1. The molecule has 156 valence electrons. The van der Waals surface area contributed by atoms with Gasteiger partial charge in [0.05, 0.1) is 17.1 Å². The maximum absolute atomic E-state index is 12.3. The monoisotopic (exact) mass is 417 g/mol. The zero-order valence-electron chi connectivity index (χ0n) is 17.7. The van der Waals surface area contributed by atoms with E-state index in [4.69, 9.17) is 4.74 Å². The highest BCUT2D eigenvalue weighted by molar-refractivity contribution is 7.14. The summed E-state index contributed by atoms with van der Waals surface area (Å²) in [6.07, 6.45) is 2.94. The summed E-state index contributed by atoms with van der Waals surface area (Å²) in [7, 11) is 1.83. The van der Waals surface area contributed by atoms with E-state index in [9.17, 15) is 14.4 Å². The molecule has 8 heteroatoms. The van der Waals surface area contributed by atoms with Crippen LogP contribution in [0, 0.1) is 19.3 Å². The van der Waals surface area contributed by atoms with E-state index in [-0.39, 0.29) is 18.3 Å². The molecule has 2 aromatic rings. The van der Waals surface area contributed by atoms with Crippen LogP contribution in [0.1, 0.15) is 52.3 Å². The average Bonchev–Trinajstić information content (AvgIpc) is 3.20. The Balaban J connectivity index is 1.86. The van der Waals surface area contributed by atoms with Crippen molar-refractivity contribution >= 4 is 35.1 Å². The number of ketones is 1. The van der Waals surface area contributed by atoms with Gasteiger partial charge in [-0.1, -0.05) is 20.8 Å². The van der Waals surface area contributed by atoms with Gasteiger partial charge in [-0.2, -0.15) is 5.10 Å². The van der Waals surface area contributed by atoms with Gasteiger partial charge in [0, 0.05) is 34.7 Å². The summed E-state index contributed by atoms with van der Waals surface area (Å²) in [5.41, 5.74) is 2.14. The van der Waals surface area contributed by atoms with Crippen LogP contribution in [0.5, 0.6) is 0 Å². The Morgan fingerprint density at radius 1 is 1.24 bits per heavy atom. The van der Waals surface area contributed by atoms with Gasteiger partial charge in [0.25, 0.3) is 0 Å². The van der Waals surface area contributed by atoms with Gasteiger partial charge in [-0.05, 0) is 32.1 Å².